The van der Waals surface area contributed by atoms with Gasteiger partial charge in [-0.1, -0.05) is 6.92 Å². The minimum Gasteiger partial charge on any atom is -0.341 e. The lowest BCUT2D eigenvalue weighted by Crippen LogP contribution is -2.37. The first-order valence-corrected chi connectivity index (χ1v) is 4.85. The summed E-state index contributed by atoms with van der Waals surface area (Å²) in [6, 6.07) is 0. The average molecular weight is 159 g/mol. The second kappa shape index (κ2) is 3.86. The first kappa shape index (κ1) is 7.92. The van der Waals surface area contributed by atoms with Crippen molar-refractivity contribution in [3.05, 3.63) is 0 Å². The zero-order chi connectivity index (χ0) is 7.40. The molecule has 0 saturated carbocycles. The molecule has 1 aliphatic rings. The number of thioether (sulfide) groups is 1. The maximum Gasteiger partial charge on any atom is 0.222 e. The molecule has 58 valence electrons. The van der Waals surface area contributed by atoms with Crippen molar-refractivity contribution in [3.63, 3.8) is 0 Å². The van der Waals surface area contributed by atoms with Crippen LogP contribution in [0.1, 0.15) is 13.3 Å². The molecule has 10 heavy (non-hydrogen) atoms. The molecule has 0 aliphatic carbocycles. The number of hydrogen-bond acceptors (Lipinski definition) is 2. The Labute approximate surface area is 66.0 Å². The van der Waals surface area contributed by atoms with Crippen LogP contribution in [0.3, 0.4) is 0 Å². The van der Waals surface area contributed by atoms with Crippen molar-refractivity contribution in [1.29, 1.82) is 0 Å². The standard InChI is InChI=1S/C7H13NOS/c1-2-7(9)8-3-5-10-6-4-8/h2-6H2,1H3. The third-order valence-corrected chi connectivity index (χ3v) is 2.61. The number of hydrogen-bond donors (Lipinski definition) is 0. The van der Waals surface area contributed by atoms with E-state index in [1.54, 1.807) is 0 Å². The summed E-state index contributed by atoms with van der Waals surface area (Å²) in [7, 11) is 0. The lowest BCUT2D eigenvalue weighted by Gasteiger charge is -2.25. The van der Waals surface area contributed by atoms with Gasteiger partial charge in [-0.15, -0.1) is 0 Å². The minimum absolute atomic E-state index is 0.306. The molecular weight excluding hydrogens is 146 g/mol. The van der Waals surface area contributed by atoms with E-state index in [4.69, 9.17) is 0 Å². The minimum atomic E-state index is 0.306. The van der Waals surface area contributed by atoms with Crippen molar-refractivity contribution in [3.8, 4) is 0 Å². The van der Waals surface area contributed by atoms with Crippen LogP contribution in [-0.4, -0.2) is 35.4 Å². The van der Waals surface area contributed by atoms with Crippen LogP contribution in [0.2, 0.25) is 0 Å². The Morgan fingerprint density at radius 1 is 1.50 bits per heavy atom. The predicted octanol–water partition coefficient (Wildman–Crippen LogP) is 0.972. The molecule has 0 radical (unpaired) electrons. The molecule has 0 unspecified atom stereocenters. The molecule has 3 heteroatoms. The van der Waals surface area contributed by atoms with Crippen LogP contribution in [0.4, 0.5) is 0 Å². The van der Waals surface area contributed by atoms with E-state index in [2.05, 4.69) is 0 Å². The van der Waals surface area contributed by atoms with E-state index in [0.717, 1.165) is 24.6 Å². The zero-order valence-electron chi connectivity index (χ0n) is 6.30. The second-order valence-electron chi connectivity index (χ2n) is 2.35. The van der Waals surface area contributed by atoms with Crippen LogP contribution >= 0.6 is 11.8 Å². The molecule has 1 rings (SSSR count). The maximum absolute atomic E-state index is 11.1. The highest BCUT2D eigenvalue weighted by Gasteiger charge is 2.13. The highest BCUT2D eigenvalue weighted by atomic mass is 32.2. The predicted molar refractivity (Wildman–Crippen MR) is 44.2 cm³/mol. The fraction of sp³-hybridized carbons (Fsp3) is 0.857. The van der Waals surface area contributed by atoms with Crippen LogP contribution in [0.15, 0.2) is 0 Å². The topological polar surface area (TPSA) is 20.3 Å². The van der Waals surface area contributed by atoms with Gasteiger partial charge in [-0.3, -0.25) is 4.79 Å². The van der Waals surface area contributed by atoms with E-state index in [1.807, 2.05) is 23.6 Å². The summed E-state index contributed by atoms with van der Waals surface area (Å²) in [5.41, 5.74) is 0. The highest BCUT2D eigenvalue weighted by molar-refractivity contribution is 7.99. The van der Waals surface area contributed by atoms with Crippen molar-refractivity contribution in [1.82, 2.24) is 4.90 Å². The fourth-order valence-corrected chi connectivity index (χ4v) is 1.94. The summed E-state index contributed by atoms with van der Waals surface area (Å²) in [5, 5.41) is 0. The number of carbonyl (C=O) groups excluding carboxylic acids is 1. The van der Waals surface area contributed by atoms with E-state index in [-0.39, 0.29) is 0 Å². The number of carbonyl (C=O) groups is 1. The monoisotopic (exact) mass is 159 g/mol. The van der Waals surface area contributed by atoms with Gasteiger partial charge < -0.3 is 4.90 Å². The summed E-state index contributed by atoms with van der Waals surface area (Å²) in [4.78, 5) is 13.0. The highest BCUT2D eigenvalue weighted by Crippen LogP contribution is 2.09. The third-order valence-electron chi connectivity index (χ3n) is 1.67. The molecule has 1 aliphatic heterocycles. The van der Waals surface area contributed by atoms with Gasteiger partial charge in [-0.2, -0.15) is 11.8 Å². The van der Waals surface area contributed by atoms with Crippen molar-refractivity contribution < 1.29 is 4.79 Å². The van der Waals surface area contributed by atoms with E-state index < -0.39 is 0 Å². The molecule has 0 aromatic heterocycles. The molecule has 1 heterocycles. The van der Waals surface area contributed by atoms with Crippen LogP contribution in [0.5, 0.6) is 0 Å². The molecule has 2 nitrogen and oxygen atoms in total. The summed E-state index contributed by atoms with van der Waals surface area (Å²) in [5.74, 6) is 2.54. The van der Waals surface area contributed by atoms with E-state index in [9.17, 15) is 4.79 Å². The van der Waals surface area contributed by atoms with Gasteiger partial charge >= 0.3 is 0 Å². The summed E-state index contributed by atoms with van der Waals surface area (Å²) >= 11 is 1.93. The van der Waals surface area contributed by atoms with Crippen molar-refractivity contribution >= 4 is 17.7 Å². The molecule has 0 spiro atoms. The maximum atomic E-state index is 11.1. The number of nitrogens with zero attached hydrogens (tertiary/aromatic N) is 1. The Bertz CT molecular complexity index is 121. The van der Waals surface area contributed by atoms with Gasteiger partial charge in [0.1, 0.15) is 0 Å². The molecule has 0 aromatic carbocycles. The quantitative estimate of drug-likeness (QED) is 0.568. The zero-order valence-corrected chi connectivity index (χ0v) is 7.12. The van der Waals surface area contributed by atoms with E-state index in [0.29, 0.717) is 12.3 Å². The number of amides is 1. The largest absolute Gasteiger partial charge is 0.341 e. The average Bonchev–Trinajstić information content (AvgIpc) is 2.05. The molecule has 0 bridgehead atoms. The Morgan fingerprint density at radius 2 is 2.10 bits per heavy atom. The second-order valence-corrected chi connectivity index (χ2v) is 3.57. The Balaban J connectivity index is 2.31. The van der Waals surface area contributed by atoms with Gasteiger partial charge in [-0.05, 0) is 0 Å². The van der Waals surface area contributed by atoms with Gasteiger partial charge in [0, 0.05) is 31.0 Å². The van der Waals surface area contributed by atoms with Crippen LogP contribution in [0, 0.1) is 0 Å². The van der Waals surface area contributed by atoms with E-state index >= 15 is 0 Å². The summed E-state index contributed by atoms with van der Waals surface area (Å²) in [6.45, 7) is 3.83. The number of rotatable bonds is 1. The lowest BCUT2D eigenvalue weighted by atomic mass is 10.4. The van der Waals surface area contributed by atoms with Gasteiger partial charge in [0.2, 0.25) is 5.91 Å². The normalized spacial score (nSPS) is 19.1. The molecule has 0 aromatic rings. The Hall–Kier alpha value is -0.180. The van der Waals surface area contributed by atoms with Crippen molar-refractivity contribution in [2.45, 2.75) is 13.3 Å². The third kappa shape index (κ3) is 1.90. The molecule has 0 N–H and O–H groups in total. The lowest BCUT2D eigenvalue weighted by molar-refractivity contribution is -0.130. The molecular formula is C7H13NOS. The van der Waals surface area contributed by atoms with Crippen LogP contribution in [-0.2, 0) is 4.79 Å². The van der Waals surface area contributed by atoms with Gasteiger partial charge in [0.15, 0.2) is 0 Å². The van der Waals surface area contributed by atoms with Crippen molar-refractivity contribution in [2.24, 2.45) is 0 Å². The summed E-state index contributed by atoms with van der Waals surface area (Å²) in [6.07, 6.45) is 0.657. The van der Waals surface area contributed by atoms with Crippen LogP contribution in [0.25, 0.3) is 0 Å². The Morgan fingerprint density at radius 3 is 2.60 bits per heavy atom. The van der Waals surface area contributed by atoms with Gasteiger partial charge in [0.05, 0.1) is 0 Å². The first-order valence-electron chi connectivity index (χ1n) is 3.70. The molecule has 1 amide bonds. The van der Waals surface area contributed by atoms with Gasteiger partial charge in [-0.25, -0.2) is 0 Å². The molecule has 0 atom stereocenters. The first-order chi connectivity index (χ1) is 4.84. The summed E-state index contributed by atoms with van der Waals surface area (Å²) < 4.78 is 0. The van der Waals surface area contributed by atoms with Crippen LogP contribution < -0.4 is 0 Å². The SMILES string of the molecule is CCC(=O)N1CCSCC1. The fourth-order valence-electron chi connectivity index (χ4n) is 1.04. The Kier molecular flexibility index (Phi) is 3.06. The smallest absolute Gasteiger partial charge is 0.222 e. The molecule has 1 saturated heterocycles. The van der Waals surface area contributed by atoms with Crippen molar-refractivity contribution in [2.75, 3.05) is 24.6 Å². The molecule has 1 fully saturated rings. The van der Waals surface area contributed by atoms with E-state index in [1.165, 1.54) is 0 Å². The van der Waals surface area contributed by atoms with Gasteiger partial charge in [0.25, 0.3) is 0 Å².